The van der Waals surface area contributed by atoms with Gasteiger partial charge in [0.25, 0.3) is 11.5 Å². The van der Waals surface area contributed by atoms with E-state index >= 15 is 0 Å². The summed E-state index contributed by atoms with van der Waals surface area (Å²) in [5, 5.41) is 7.10. The fourth-order valence-electron chi connectivity index (χ4n) is 2.41. The van der Waals surface area contributed by atoms with Crippen molar-refractivity contribution in [3.05, 3.63) is 70.4 Å². The number of carbonyl (C=O) groups excluding carboxylic acids is 1. The molecule has 0 saturated carbocycles. The third-order valence-corrected chi connectivity index (χ3v) is 3.77. The second-order valence-corrected chi connectivity index (χ2v) is 5.45. The second kappa shape index (κ2) is 7.12. The first-order chi connectivity index (χ1) is 12.1. The van der Waals surface area contributed by atoms with E-state index in [0.717, 1.165) is 0 Å². The smallest absolute Gasteiger partial charge is 0.274 e. The number of hydrogen-bond acceptors (Lipinski definition) is 4. The molecule has 0 radical (unpaired) electrons. The van der Waals surface area contributed by atoms with Crippen LogP contribution in [0.15, 0.2) is 53.3 Å². The van der Waals surface area contributed by atoms with Crippen LogP contribution in [0.1, 0.15) is 10.5 Å². The van der Waals surface area contributed by atoms with Crippen LogP contribution in [0.3, 0.4) is 0 Å². The molecule has 1 amide bonds. The van der Waals surface area contributed by atoms with E-state index in [1.807, 2.05) is 0 Å². The number of rotatable bonds is 5. The van der Waals surface area contributed by atoms with Crippen molar-refractivity contribution in [2.75, 3.05) is 20.2 Å². The lowest BCUT2D eigenvalue weighted by molar-refractivity contribution is 0.0768. The maximum Gasteiger partial charge on any atom is 0.274 e. The summed E-state index contributed by atoms with van der Waals surface area (Å²) in [6, 6.07) is 12.8. The topological polar surface area (TPSA) is 75.3 Å². The van der Waals surface area contributed by atoms with E-state index in [0.29, 0.717) is 10.8 Å². The number of fused-ring (bicyclic) bond motifs is 1. The first-order valence-corrected chi connectivity index (χ1v) is 7.68. The largest absolute Gasteiger partial charge is 0.489 e. The fourth-order valence-corrected chi connectivity index (χ4v) is 2.41. The molecule has 2 aromatic carbocycles. The highest BCUT2D eigenvalue weighted by molar-refractivity contribution is 6.04. The van der Waals surface area contributed by atoms with Gasteiger partial charge in [-0.05, 0) is 18.2 Å². The molecule has 0 atom stereocenters. The number of aromatic amines is 1. The van der Waals surface area contributed by atoms with Crippen LogP contribution in [0.5, 0.6) is 5.75 Å². The maximum atomic E-state index is 13.5. The van der Waals surface area contributed by atoms with E-state index in [4.69, 9.17) is 4.74 Å². The number of hydrogen-bond donors (Lipinski definition) is 1. The van der Waals surface area contributed by atoms with Gasteiger partial charge in [-0.15, -0.1) is 0 Å². The molecule has 0 aliphatic carbocycles. The van der Waals surface area contributed by atoms with Crippen LogP contribution in [0.2, 0.25) is 0 Å². The predicted molar refractivity (Wildman–Crippen MR) is 91.2 cm³/mol. The molecule has 0 saturated heterocycles. The molecule has 3 rings (SSSR count). The van der Waals surface area contributed by atoms with Crippen molar-refractivity contribution >= 4 is 16.7 Å². The molecule has 7 heteroatoms. The molecule has 0 unspecified atom stereocenters. The molecule has 0 aliphatic rings. The van der Waals surface area contributed by atoms with Crippen molar-refractivity contribution < 1.29 is 13.9 Å². The van der Waals surface area contributed by atoms with Gasteiger partial charge in [-0.1, -0.05) is 30.3 Å². The monoisotopic (exact) mass is 341 g/mol. The lowest BCUT2D eigenvalue weighted by atomic mass is 10.1. The quantitative estimate of drug-likeness (QED) is 0.772. The van der Waals surface area contributed by atoms with Crippen LogP contribution in [0.4, 0.5) is 4.39 Å². The average Bonchev–Trinajstić information content (AvgIpc) is 2.63. The van der Waals surface area contributed by atoms with Crippen LogP contribution < -0.4 is 10.3 Å². The van der Waals surface area contributed by atoms with E-state index in [1.165, 1.54) is 17.0 Å². The van der Waals surface area contributed by atoms with Gasteiger partial charge in [0.15, 0.2) is 17.3 Å². The molecule has 128 valence electrons. The summed E-state index contributed by atoms with van der Waals surface area (Å²) in [5.41, 5.74) is -0.193. The molecule has 0 fully saturated rings. The summed E-state index contributed by atoms with van der Waals surface area (Å²) in [7, 11) is 1.59. The minimum atomic E-state index is -0.454. The van der Waals surface area contributed by atoms with E-state index in [9.17, 15) is 14.0 Å². The Bertz CT molecular complexity index is 971. The molecule has 1 aromatic heterocycles. The number of ether oxygens (including phenoxy) is 1. The molecule has 0 spiro atoms. The van der Waals surface area contributed by atoms with Crippen LogP contribution in [0, 0.1) is 5.82 Å². The van der Waals surface area contributed by atoms with Crippen molar-refractivity contribution in [1.29, 1.82) is 0 Å². The van der Waals surface area contributed by atoms with Gasteiger partial charge < -0.3 is 9.64 Å². The Morgan fingerprint density at radius 2 is 1.84 bits per heavy atom. The van der Waals surface area contributed by atoms with Crippen molar-refractivity contribution in [2.24, 2.45) is 0 Å². The maximum absolute atomic E-state index is 13.5. The summed E-state index contributed by atoms with van der Waals surface area (Å²) in [6.45, 7) is 0.368. The first-order valence-electron chi connectivity index (χ1n) is 7.68. The number of aromatic nitrogens is 2. The lowest BCUT2D eigenvalue weighted by Gasteiger charge is -2.17. The number of benzene rings is 2. The Hall–Kier alpha value is -3.22. The highest BCUT2D eigenvalue weighted by Crippen LogP contribution is 2.16. The SMILES string of the molecule is CN(CCOc1ccccc1F)C(=O)c1n[nH]c(=O)c2ccccc12. The minimum absolute atomic E-state index is 0.129. The third-order valence-electron chi connectivity index (χ3n) is 3.77. The van der Waals surface area contributed by atoms with Crippen molar-refractivity contribution in [1.82, 2.24) is 15.1 Å². The fraction of sp³-hybridized carbons (Fsp3) is 0.167. The van der Waals surface area contributed by atoms with Crippen LogP contribution in [-0.4, -0.2) is 41.2 Å². The van der Waals surface area contributed by atoms with Gasteiger partial charge in [0.05, 0.1) is 11.9 Å². The summed E-state index contributed by atoms with van der Waals surface area (Å²) >= 11 is 0. The minimum Gasteiger partial charge on any atom is -0.489 e. The molecule has 25 heavy (non-hydrogen) atoms. The predicted octanol–water partition coefficient (Wildman–Crippen LogP) is 2.21. The summed E-state index contributed by atoms with van der Waals surface area (Å²) < 4.78 is 18.9. The molecule has 0 bridgehead atoms. The van der Waals surface area contributed by atoms with Gasteiger partial charge in [0, 0.05) is 12.4 Å². The molecule has 3 aromatic rings. The molecular weight excluding hydrogens is 325 g/mol. The number of halogens is 1. The Morgan fingerprint density at radius 3 is 2.60 bits per heavy atom. The number of para-hydroxylation sites is 1. The Balaban J connectivity index is 1.72. The van der Waals surface area contributed by atoms with Gasteiger partial charge in [-0.3, -0.25) is 9.59 Å². The number of amides is 1. The Kier molecular flexibility index (Phi) is 4.74. The van der Waals surface area contributed by atoms with E-state index < -0.39 is 5.82 Å². The number of likely N-dealkylation sites (N-methyl/N-ethyl adjacent to an activating group) is 1. The van der Waals surface area contributed by atoms with Gasteiger partial charge in [0.1, 0.15) is 6.61 Å². The Morgan fingerprint density at radius 1 is 1.16 bits per heavy atom. The average molecular weight is 341 g/mol. The van der Waals surface area contributed by atoms with Crippen molar-refractivity contribution in [2.45, 2.75) is 0 Å². The molecule has 0 aliphatic heterocycles. The van der Waals surface area contributed by atoms with Gasteiger partial charge in [-0.2, -0.15) is 5.10 Å². The number of carbonyl (C=O) groups is 1. The zero-order chi connectivity index (χ0) is 17.8. The summed E-state index contributed by atoms with van der Waals surface area (Å²) in [6.07, 6.45) is 0. The van der Waals surface area contributed by atoms with Gasteiger partial charge in [-0.25, -0.2) is 9.49 Å². The van der Waals surface area contributed by atoms with Gasteiger partial charge in [0.2, 0.25) is 0 Å². The molecule has 1 N–H and O–H groups in total. The zero-order valence-electron chi connectivity index (χ0n) is 13.5. The molecule has 6 nitrogen and oxygen atoms in total. The number of H-pyrrole nitrogens is 1. The normalized spacial score (nSPS) is 10.6. The molecular formula is C18H16FN3O3. The standard InChI is InChI=1S/C18H16FN3O3/c1-22(10-11-25-15-9-5-4-8-14(15)19)18(24)16-12-6-2-3-7-13(12)17(23)21-20-16/h2-9H,10-11H2,1H3,(H,21,23). The summed E-state index contributed by atoms with van der Waals surface area (Å²) in [5.74, 6) is -0.676. The highest BCUT2D eigenvalue weighted by atomic mass is 19.1. The van der Waals surface area contributed by atoms with E-state index in [2.05, 4.69) is 10.2 Å². The first kappa shape index (κ1) is 16.6. The second-order valence-electron chi connectivity index (χ2n) is 5.45. The van der Waals surface area contributed by atoms with Gasteiger partial charge >= 0.3 is 0 Å². The lowest BCUT2D eigenvalue weighted by Crippen LogP contribution is -2.32. The van der Waals surface area contributed by atoms with E-state index in [1.54, 1.807) is 43.4 Å². The highest BCUT2D eigenvalue weighted by Gasteiger charge is 2.18. The van der Waals surface area contributed by atoms with E-state index in [-0.39, 0.29) is 36.1 Å². The van der Waals surface area contributed by atoms with Crippen LogP contribution >= 0.6 is 0 Å². The number of nitrogens with zero attached hydrogens (tertiary/aromatic N) is 2. The van der Waals surface area contributed by atoms with Crippen LogP contribution in [-0.2, 0) is 0 Å². The van der Waals surface area contributed by atoms with Crippen LogP contribution in [0.25, 0.3) is 10.8 Å². The Labute approximate surface area is 142 Å². The third kappa shape index (κ3) is 3.50. The van der Waals surface area contributed by atoms with Crippen molar-refractivity contribution in [3.63, 3.8) is 0 Å². The van der Waals surface area contributed by atoms with Crippen molar-refractivity contribution in [3.8, 4) is 5.75 Å². The summed E-state index contributed by atoms with van der Waals surface area (Å²) in [4.78, 5) is 25.8. The molecule has 1 heterocycles. The zero-order valence-corrected chi connectivity index (χ0v) is 13.5. The number of nitrogens with one attached hydrogen (secondary N) is 1.